The van der Waals surface area contributed by atoms with E-state index < -0.39 is 0 Å². The van der Waals surface area contributed by atoms with Crippen molar-refractivity contribution in [3.63, 3.8) is 0 Å². The predicted octanol–water partition coefficient (Wildman–Crippen LogP) is 4.90. The molecule has 26 heavy (non-hydrogen) atoms. The average Bonchev–Trinajstić information content (AvgIpc) is 2.66. The van der Waals surface area contributed by atoms with Crippen LogP contribution in [0, 0.1) is 6.92 Å². The van der Waals surface area contributed by atoms with E-state index in [0.717, 1.165) is 39.3 Å². The van der Waals surface area contributed by atoms with Crippen LogP contribution in [0.2, 0.25) is 0 Å². The Labute approximate surface area is 154 Å². The fourth-order valence-electron chi connectivity index (χ4n) is 3.13. The standard InChI is InChI=1S/C23H24O3/c1-16-12-19(14-17-4-8-21(25-2)9-5-17)23(24)20(13-16)15-18-6-10-22(26-3)11-7-18/h4-13,24H,14-15H2,1-3H3. The first-order chi connectivity index (χ1) is 12.6. The molecule has 0 aliphatic carbocycles. The van der Waals surface area contributed by atoms with Gasteiger partial charge in [0.25, 0.3) is 0 Å². The summed E-state index contributed by atoms with van der Waals surface area (Å²) in [7, 11) is 3.32. The van der Waals surface area contributed by atoms with E-state index >= 15 is 0 Å². The fraction of sp³-hybridized carbons (Fsp3) is 0.217. The summed E-state index contributed by atoms with van der Waals surface area (Å²) in [6.07, 6.45) is 1.38. The van der Waals surface area contributed by atoms with Gasteiger partial charge in [-0.3, -0.25) is 0 Å². The van der Waals surface area contributed by atoms with Gasteiger partial charge >= 0.3 is 0 Å². The van der Waals surface area contributed by atoms with Crippen LogP contribution in [-0.4, -0.2) is 19.3 Å². The van der Waals surface area contributed by atoms with Gasteiger partial charge in [-0.25, -0.2) is 0 Å². The Hall–Kier alpha value is -2.94. The minimum atomic E-state index is 0.377. The molecule has 0 saturated heterocycles. The first-order valence-corrected chi connectivity index (χ1v) is 8.66. The molecule has 0 fully saturated rings. The smallest absolute Gasteiger partial charge is 0.122 e. The number of benzene rings is 3. The molecule has 3 aromatic carbocycles. The van der Waals surface area contributed by atoms with E-state index in [-0.39, 0.29) is 0 Å². The van der Waals surface area contributed by atoms with Gasteiger partial charge in [-0.1, -0.05) is 42.0 Å². The van der Waals surface area contributed by atoms with Crippen molar-refractivity contribution >= 4 is 0 Å². The lowest BCUT2D eigenvalue weighted by Gasteiger charge is -2.13. The average molecular weight is 348 g/mol. The number of hydrogen-bond donors (Lipinski definition) is 1. The van der Waals surface area contributed by atoms with Crippen LogP contribution in [0.3, 0.4) is 0 Å². The summed E-state index contributed by atoms with van der Waals surface area (Å²) in [4.78, 5) is 0. The second-order valence-electron chi connectivity index (χ2n) is 6.48. The molecule has 0 saturated carbocycles. The van der Waals surface area contributed by atoms with Gasteiger partial charge < -0.3 is 14.6 Å². The summed E-state index contributed by atoms with van der Waals surface area (Å²) in [6.45, 7) is 2.06. The van der Waals surface area contributed by atoms with Crippen LogP contribution in [0.1, 0.15) is 27.8 Å². The van der Waals surface area contributed by atoms with Gasteiger partial charge in [0.15, 0.2) is 0 Å². The molecule has 0 aliphatic rings. The summed E-state index contributed by atoms with van der Waals surface area (Å²) in [5.74, 6) is 2.05. The minimum Gasteiger partial charge on any atom is -0.507 e. The van der Waals surface area contributed by atoms with Crippen molar-refractivity contribution in [1.82, 2.24) is 0 Å². The Morgan fingerprint density at radius 3 is 1.42 bits per heavy atom. The van der Waals surface area contributed by atoms with Crippen molar-refractivity contribution < 1.29 is 14.6 Å². The molecule has 0 aromatic heterocycles. The summed E-state index contributed by atoms with van der Waals surface area (Å²) in [6, 6.07) is 20.0. The topological polar surface area (TPSA) is 38.7 Å². The molecule has 3 nitrogen and oxygen atoms in total. The second kappa shape index (κ2) is 7.96. The van der Waals surface area contributed by atoms with Crippen molar-refractivity contribution in [2.24, 2.45) is 0 Å². The Morgan fingerprint density at radius 1 is 0.692 bits per heavy atom. The number of phenolic OH excluding ortho intramolecular Hbond substituents is 1. The van der Waals surface area contributed by atoms with Gasteiger partial charge in [-0.2, -0.15) is 0 Å². The van der Waals surface area contributed by atoms with Crippen LogP contribution in [-0.2, 0) is 12.8 Å². The van der Waals surface area contributed by atoms with Crippen LogP contribution in [0.25, 0.3) is 0 Å². The molecule has 1 N–H and O–H groups in total. The summed E-state index contributed by atoms with van der Waals surface area (Å²) in [5.41, 5.74) is 5.32. The highest BCUT2D eigenvalue weighted by Gasteiger charge is 2.11. The molecule has 134 valence electrons. The molecule has 3 rings (SSSR count). The van der Waals surface area contributed by atoms with E-state index in [4.69, 9.17) is 9.47 Å². The van der Waals surface area contributed by atoms with Gasteiger partial charge in [0.1, 0.15) is 17.2 Å². The first kappa shape index (κ1) is 17.9. The van der Waals surface area contributed by atoms with E-state index in [0.29, 0.717) is 18.6 Å². The third-order valence-corrected chi connectivity index (χ3v) is 4.52. The molecule has 0 unspecified atom stereocenters. The van der Waals surface area contributed by atoms with Crippen molar-refractivity contribution in [3.8, 4) is 17.2 Å². The lowest BCUT2D eigenvalue weighted by atomic mass is 9.95. The number of ether oxygens (including phenoxy) is 2. The van der Waals surface area contributed by atoms with Gasteiger partial charge in [0.2, 0.25) is 0 Å². The van der Waals surface area contributed by atoms with Crippen LogP contribution in [0.15, 0.2) is 60.7 Å². The summed E-state index contributed by atoms with van der Waals surface area (Å²) >= 11 is 0. The molecule has 0 amide bonds. The first-order valence-electron chi connectivity index (χ1n) is 8.66. The lowest BCUT2D eigenvalue weighted by Crippen LogP contribution is -1.96. The van der Waals surface area contributed by atoms with Crippen molar-refractivity contribution in [1.29, 1.82) is 0 Å². The van der Waals surface area contributed by atoms with Crippen molar-refractivity contribution in [2.45, 2.75) is 19.8 Å². The maximum Gasteiger partial charge on any atom is 0.122 e. The largest absolute Gasteiger partial charge is 0.507 e. The maximum atomic E-state index is 10.8. The fourth-order valence-corrected chi connectivity index (χ4v) is 3.13. The highest BCUT2D eigenvalue weighted by molar-refractivity contribution is 5.48. The maximum absolute atomic E-state index is 10.8. The zero-order valence-corrected chi connectivity index (χ0v) is 15.5. The molecule has 0 bridgehead atoms. The number of aromatic hydroxyl groups is 1. The van der Waals surface area contributed by atoms with Crippen molar-refractivity contribution in [2.75, 3.05) is 14.2 Å². The SMILES string of the molecule is COc1ccc(Cc2cc(C)cc(Cc3ccc(OC)cc3)c2O)cc1. The zero-order chi connectivity index (χ0) is 18.5. The highest BCUT2D eigenvalue weighted by atomic mass is 16.5. The second-order valence-corrected chi connectivity index (χ2v) is 6.48. The van der Waals surface area contributed by atoms with Gasteiger partial charge in [-0.05, 0) is 53.4 Å². The van der Waals surface area contributed by atoms with Gasteiger partial charge in [-0.15, -0.1) is 0 Å². The summed E-state index contributed by atoms with van der Waals surface area (Å²) in [5, 5.41) is 10.8. The van der Waals surface area contributed by atoms with Crippen LogP contribution in [0.5, 0.6) is 17.2 Å². The lowest BCUT2D eigenvalue weighted by molar-refractivity contribution is 0.414. The molecule has 0 atom stereocenters. The molecule has 0 radical (unpaired) electrons. The van der Waals surface area contributed by atoms with Crippen LogP contribution < -0.4 is 9.47 Å². The Bertz CT molecular complexity index is 794. The number of methoxy groups -OCH3 is 2. The quantitative estimate of drug-likeness (QED) is 0.689. The van der Waals surface area contributed by atoms with E-state index in [1.807, 2.05) is 48.5 Å². The highest BCUT2D eigenvalue weighted by Crippen LogP contribution is 2.29. The molecule has 3 aromatic rings. The van der Waals surface area contributed by atoms with Crippen molar-refractivity contribution in [3.05, 3.63) is 88.5 Å². The normalized spacial score (nSPS) is 10.6. The van der Waals surface area contributed by atoms with E-state index in [9.17, 15) is 5.11 Å². The van der Waals surface area contributed by atoms with E-state index in [1.54, 1.807) is 14.2 Å². The van der Waals surface area contributed by atoms with E-state index in [1.165, 1.54) is 0 Å². The Kier molecular flexibility index (Phi) is 5.47. The zero-order valence-electron chi connectivity index (χ0n) is 15.5. The molecule has 0 spiro atoms. The minimum absolute atomic E-state index is 0.377. The number of rotatable bonds is 6. The monoisotopic (exact) mass is 348 g/mol. The molecular weight excluding hydrogens is 324 g/mol. The molecular formula is C23H24O3. The Balaban J connectivity index is 1.84. The van der Waals surface area contributed by atoms with Gasteiger partial charge in [0, 0.05) is 12.8 Å². The van der Waals surface area contributed by atoms with Crippen LogP contribution >= 0.6 is 0 Å². The molecule has 3 heteroatoms. The third-order valence-electron chi connectivity index (χ3n) is 4.52. The number of hydrogen-bond acceptors (Lipinski definition) is 3. The third kappa shape index (κ3) is 4.17. The van der Waals surface area contributed by atoms with Crippen LogP contribution in [0.4, 0.5) is 0 Å². The molecule has 0 heterocycles. The van der Waals surface area contributed by atoms with E-state index in [2.05, 4.69) is 19.1 Å². The number of phenols is 1. The molecule has 0 aliphatic heterocycles. The Morgan fingerprint density at radius 2 is 1.08 bits per heavy atom. The predicted molar refractivity (Wildman–Crippen MR) is 104 cm³/mol. The van der Waals surface area contributed by atoms with Gasteiger partial charge in [0.05, 0.1) is 14.2 Å². The summed E-state index contributed by atoms with van der Waals surface area (Å²) < 4.78 is 10.4. The number of aryl methyl sites for hydroxylation is 1.